The highest BCUT2D eigenvalue weighted by Gasteiger charge is 2.37. The molecule has 2 fully saturated rings. The van der Waals surface area contributed by atoms with E-state index in [1.165, 1.54) is 44.9 Å². The molecule has 2 rings (SSSR count). The van der Waals surface area contributed by atoms with Gasteiger partial charge in [-0.2, -0.15) is 0 Å². The van der Waals surface area contributed by atoms with Gasteiger partial charge in [0, 0.05) is 12.1 Å². The summed E-state index contributed by atoms with van der Waals surface area (Å²) in [4.78, 5) is 2.69. The van der Waals surface area contributed by atoms with Crippen molar-refractivity contribution in [3.05, 3.63) is 0 Å². The molecule has 2 heteroatoms. The minimum absolute atomic E-state index is 0.756. The maximum absolute atomic E-state index is 5.94. The van der Waals surface area contributed by atoms with Gasteiger partial charge < -0.3 is 5.73 Å². The van der Waals surface area contributed by atoms with Gasteiger partial charge in [0.1, 0.15) is 0 Å². The first-order chi connectivity index (χ1) is 7.77. The zero-order valence-corrected chi connectivity index (χ0v) is 11.0. The second-order valence-corrected chi connectivity index (χ2v) is 5.83. The Kier molecular flexibility index (Phi) is 4.26. The van der Waals surface area contributed by atoms with Gasteiger partial charge in [-0.3, -0.25) is 4.90 Å². The lowest BCUT2D eigenvalue weighted by atomic mass is 9.82. The van der Waals surface area contributed by atoms with Crippen molar-refractivity contribution >= 4 is 0 Å². The maximum atomic E-state index is 5.94. The van der Waals surface area contributed by atoms with Gasteiger partial charge in [0.15, 0.2) is 0 Å². The molecule has 3 unspecified atom stereocenters. The lowest BCUT2D eigenvalue weighted by Crippen LogP contribution is -2.48. The SMILES string of the molecule is CCC(C1CC1)N(C)C1CCCCC1CN. The smallest absolute Gasteiger partial charge is 0.0135 e. The fraction of sp³-hybridized carbons (Fsp3) is 1.00. The van der Waals surface area contributed by atoms with E-state index in [2.05, 4.69) is 18.9 Å². The van der Waals surface area contributed by atoms with Gasteiger partial charge in [0.2, 0.25) is 0 Å². The van der Waals surface area contributed by atoms with Crippen LogP contribution in [-0.2, 0) is 0 Å². The average molecular weight is 224 g/mol. The van der Waals surface area contributed by atoms with Crippen molar-refractivity contribution < 1.29 is 0 Å². The molecule has 0 aromatic carbocycles. The van der Waals surface area contributed by atoms with Gasteiger partial charge in [-0.25, -0.2) is 0 Å². The number of nitrogens with zero attached hydrogens (tertiary/aromatic N) is 1. The zero-order chi connectivity index (χ0) is 11.5. The van der Waals surface area contributed by atoms with Gasteiger partial charge in [0.05, 0.1) is 0 Å². The summed E-state index contributed by atoms with van der Waals surface area (Å²) in [6.07, 6.45) is 9.77. The zero-order valence-electron chi connectivity index (χ0n) is 11.0. The minimum Gasteiger partial charge on any atom is -0.330 e. The average Bonchev–Trinajstić information content (AvgIpc) is 3.14. The van der Waals surface area contributed by atoms with Crippen molar-refractivity contribution in [1.82, 2.24) is 4.90 Å². The molecule has 94 valence electrons. The van der Waals surface area contributed by atoms with Crippen LogP contribution < -0.4 is 5.73 Å². The van der Waals surface area contributed by atoms with E-state index in [-0.39, 0.29) is 0 Å². The number of hydrogen-bond acceptors (Lipinski definition) is 2. The van der Waals surface area contributed by atoms with Crippen LogP contribution in [0, 0.1) is 11.8 Å². The summed E-state index contributed by atoms with van der Waals surface area (Å²) in [5.41, 5.74) is 5.94. The quantitative estimate of drug-likeness (QED) is 0.778. The molecule has 0 bridgehead atoms. The largest absolute Gasteiger partial charge is 0.330 e. The molecule has 0 radical (unpaired) electrons. The Morgan fingerprint density at radius 3 is 2.44 bits per heavy atom. The molecule has 2 saturated carbocycles. The molecule has 3 atom stereocenters. The molecule has 0 saturated heterocycles. The van der Waals surface area contributed by atoms with E-state index in [9.17, 15) is 0 Å². The van der Waals surface area contributed by atoms with Crippen molar-refractivity contribution in [2.45, 2.75) is 64.0 Å². The molecule has 16 heavy (non-hydrogen) atoms. The van der Waals surface area contributed by atoms with Gasteiger partial charge in [-0.05, 0) is 57.5 Å². The molecule has 0 aromatic rings. The molecule has 0 spiro atoms. The Morgan fingerprint density at radius 1 is 1.19 bits per heavy atom. The highest BCUT2D eigenvalue weighted by molar-refractivity contribution is 4.92. The first kappa shape index (κ1) is 12.4. The van der Waals surface area contributed by atoms with E-state index >= 15 is 0 Å². The first-order valence-corrected chi connectivity index (χ1v) is 7.20. The van der Waals surface area contributed by atoms with Gasteiger partial charge >= 0.3 is 0 Å². The van der Waals surface area contributed by atoms with Crippen LogP contribution in [0.5, 0.6) is 0 Å². The lowest BCUT2D eigenvalue weighted by Gasteiger charge is -2.41. The molecule has 0 amide bonds. The van der Waals surface area contributed by atoms with Crippen LogP contribution in [-0.4, -0.2) is 30.6 Å². The lowest BCUT2D eigenvalue weighted by molar-refractivity contribution is 0.0798. The summed E-state index contributed by atoms with van der Waals surface area (Å²) in [5, 5.41) is 0. The minimum atomic E-state index is 0.756. The van der Waals surface area contributed by atoms with Crippen LogP contribution in [0.3, 0.4) is 0 Å². The van der Waals surface area contributed by atoms with Gasteiger partial charge in [-0.15, -0.1) is 0 Å². The van der Waals surface area contributed by atoms with Crippen LogP contribution >= 0.6 is 0 Å². The standard InChI is InChI=1S/C14H28N2/c1-3-13(11-8-9-11)16(2)14-7-5-4-6-12(14)10-15/h11-14H,3-10,15H2,1-2H3. The summed E-state index contributed by atoms with van der Waals surface area (Å²) in [5.74, 6) is 1.75. The summed E-state index contributed by atoms with van der Waals surface area (Å²) in [7, 11) is 2.35. The Balaban J connectivity index is 1.96. The van der Waals surface area contributed by atoms with Crippen LogP contribution in [0.15, 0.2) is 0 Å². The summed E-state index contributed by atoms with van der Waals surface area (Å²) < 4.78 is 0. The van der Waals surface area contributed by atoms with Crippen molar-refractivity contribution in [3.8, 4) is 0 Å². The molecule has 0 aliphatic heterocycles. The summed E-state index contributed by atoms with van der Waals surface area (Å²) in [6.45, 7) is 3.23. The van der Waals surface area contributed by atoms with E-state index < -0.39 is 0 Å². The topological polar surface area (TPSA) is 29.3 Å². The fourth-order valence-corrected chi connectivity index (χ4v) is 3.68. The molecule has 2 aliphatic rings. The predicted molar refractivity (Wildman–Crippen MR) is 69.4 cm³/mol. The Bertz CT molecular complexity index is 213. The molecule has 2 nitrogen and oxygen atoms in total. The third-order valence-corrected chi connectivity index (χ3v) is 4.80. The summed E-state index contributed by atoms with van der Waals surface area (Å²) in [6, 6.07) is 1.60. The van der Waals surface area contributed by atoms with Crippen molar-refractivity contribution in [2.75, 3.05) is 13.6 Å². The van der Waals surface area contributed by atoms with Gasteiger partial charge in [0.25, 0.3) is 0 Å². The van der Waals surface area contributed by atoms with E-state index in [4.69, 9.17) is 5.73 Å². The molecular weight excluding hydrogens is 196 g/mol. The fourth-order valence-electron chi connectivity index (χ4n) is 3.68. The molecule has 0 heterocycles. The molecular formula is C14H28N2. The number of rotatable bonds is 5. The Hall–Kier alpha value is -0.0800. The monoisotopic (exact) mass is 224 g/mol. The number of hydrogen-bond donors (Lipinski definition) is 1. The second kappa shape index (κ2) is 5.50. The van der Waals surface area contributed by atoms with Crippen molar-refractivity contribution in [2.24, 2.45) is 17.6 Å². The highest BCUT2D eigenvalue weighted by atomic mass is 15.2. The molecule has 2 aliphatic carbocycles. The first-order valence-electron chi connectivity index (χ1n) is 7.20. The van der Waals surface area contributed by atoms with Crippen molar-refractivity contribution in [1.29, 1.82) is 0 Å². The summed E-state index contributed by atoms with van der Waals surface area (Å²) >= 11 is 0. The molecule has 0 aromatic heterocycles. The highest BCUT2D eigenvalue weighted by Crippen LogP contribution is 2.39. The predicted octanol–water partition coefficient (Wildman–Crippen LogP) is 2.62. The third-order valence-electron chi connectivity index (χ3n) is 4.80. The van der Waals surface area contributed by atoms with Crippen LogP contribution in [0.1, 0.15) is 51.9 Å². The van der Waals surface area contributed by atoms with Crippen LogP contribution in [0.25, 0.3) is 0 Å². The normalized spacial score (nSPS) is 33.0. The Morgan fingerprint density at radius 2 is 1.88 bits per heavy atom. The van der Waals surface area contributed by atoms with E-state index in [1.54, 1.807) is 0 Å². The van der Waals surface area contributed by atoms with E-state index in [0.29, 0.717) is 0 Å². The number of nitrogens with two attached hydrogens (primary N) is 1. The Labute approximate surface area is 101 Å². The van der Waals surface area contributed by atoms with Gasteiger partial charge in [-0.1, -0.05) is 19.8 Å². The van der Waals surface area contributed by atoms with E-state index in [1.807, 2.05) is 0 Å². The van der Waals surface area contributed by atoms with Crippen LogP contribution in [0.2, 0.25) is 0 Å². The van der Waals surface area contributed by atoms with Crippen LogP contribution in [0.4, 0.5) is 0 Å². The van der Waals surface area contributed by atoms with E-state index in [0.717, 1.165) is 30.5 Å². The third kappa shape index (κ3) is 2.60. The second-order valence-electron chi connectivity index (χ2n) is 5.83. The molecule has 2 N–H and O–H groups in total. The maximum Gasteiger partial charge on any atom is 0.0135 e. The van der Waals surface area contributed by atoms with Crippen molar-refractivity contribution in [3.63, 3.8) is 0 Å².